The van der Waals surface area contributed by atoms with Crippen LogP contribution in [0.4, 0.5) is 0 Å². The number of halogens is 1. The van der Waals surface area contributed by atoms with Crippen molar-refractivity contribution in [2.45, 2.75) is 13.5 Å². The molecule has 15 heavy (non-hydrogen) atoms. The smallest absolute Gasteiger partial charge is 0.271 e. The summed E-state index contributed by atoms with van der Waals surface area (Å²) in [6, 6.07) is 1.87. The molecule has 1 atom stereocenters. The summed E-state index contributed by atoms with van der Waals surface area (Å²) in [6.07, 6.45) is 1.64. The molecule has 0 aliphatic rings. The zero-order valence-electron chi connectivity index (χ0n) is 8.31. The minimum absolute atomic E-state index is 0.0720. The fourth-order valence-electron chi connectivity index (χ4n) is 1.39. The van der Waals surface area contributed by atoms with Crippen molar-refractivity contribution in [2.75, 3.05) is 5.33 Å². The fraction of sp³-hybridized carbons (Fsp3) is 0.400. The molecule has 5 heteroatoms. The van der Waals surface area contributed by atoms with Crippen LogP contribution in [-0.2, 0) is 6.54 Å². The van der Waals surface area contributed by atoms with Crippen LogP contribution >= 0.6 is 27.3 Å². The van der Waals surface area contributed by atoms with Gasteiger partial charge in [-0.15, -0.1) is 11.3 Å². The fourth-order valence-corrected chi connectivity index (χ4v) is 2.39. The number of nitrogens with zero attached hydrogens (tertiary/aromatic N) is 2. The molecule has 0 spiro atoms. The lowest BCUT2D eigenvalue weighted by atomic mass is 10.2. The Morgan fingerprint density at radius 1 is 1.67 bits per heavy atom. The Kier molecular flexibility index (Phi) is 3.21. The van der Waals surface area contributed by atoms with E-state index in [1.807, 2.05) is 11.4 Å². The van der Waals surface area contributed by atoms with E-state index in [-0.39, 0.29) is 5.56 Å². The molecule has 0 amide bonds. The van der Waals surface area contributed by atoms with E-state index in [2.05, 4.69) is 27.8 Å². The van der Waals surface area contributed by atoms with E-state index in [0.29, 0.717) is 12.5 Å². The van der Waals surface area contributed by atoms with Gasteiger partial charge in [0.15, 0.2) is 0 Å². The second kappa shape index (κ2) is 4.45. The molecule has 1 unspecified atom stereocenters. The van der Waals surface area contributed by atoms with E-state index in [1.165, 1.54) is 11.3 Å². The van der Waals surface area contributed by atoms with Gasteiger partial charge in [-0.1, -0.05) is 22.9 Å². The van der Waals surface area contributed by atoms with Crippen LogP contribution in [0.25, 0.3) is 10.2 Å². The van der Waals surface area contributed by atoms with E-state index < -0.39 is 0 Å². The molecule has 0 saturated carbocycles. The lowest BCUT2D eigenvalue weighted by molar-refractivity contribution is 0.518. The van der Waals surface area contributed by atoms with Gasteiger partial charge < -0.3 is 0 Å². The Balaban J connectivity index is 2.44. The number of aromatic nitrogens is 2. The van der Waals surface area contributed by atoms with E-state index in [4.69, 9.17) is 0 Å². The number of hydrogen-bond acceptors (Lipinski definition) is 3. The average molecular weight is 287 g/mol. The van der Waals surface area contributed by atoms with Crippen molar-refractivity contribution in [2.24, 2.45) is 5.92 Å². The summed E-state index contributed by atoms with van der Waals surface area (Å²) in [5, 5.41) is 2.79. The van der Waals surface area contributed by atoms with E-state index >= 15 is 0 Å². The van der Waals surface area contributed by atoms with Crippen molar-refractivity contribution in [1.29, 1.82) is 0 Å². The lowest BCUT2D eigenvalue weighted by Gasteiger charge is -2.09. The van der Waals surface area contributed by atoms with Crippen LogP contribution in [0.15, 0.2) is 22.6 Å². The molecule has 0 aliphatic carbocycles. The van der Waals surface area contributed by atoms with Gasteiger partial charge in [0.25, 0.3) is 5.56 Å². The van der Waals surface area contributed by atoms with Crippen LogP contribution in [0.3, 0.4) is 0 Å². The Labute approximate surface area is 99.9 Å². The third-order valence-corrected chi connectivity index (χ3v) is 4.20. The first-order valence-electron chi connectivity index (χ1n) is 4.71. The number of hydrogen-bond donors (Lipinski definition) is 0. The molecule has 0 bridgehead atoms. The van der Waals surface area contributed by atoms with Crippen molar-refractivity contribution in [3.05, 3.63) is 28.1 Å². The summed E-state index contributed by atoms with van der Waals surface area (Å²) in [5.74, 6) is 0.432. The topological polar surface area (TPSA) is 34.9 Å². The van der Waals surface area contributed by atoms with Crippen molar-refractivity contribution >= 4 is 37.5 Å². The van der Waals surface area contributed by atoms with Gasteiger partial charge in [0.1, 0.15) is 4.70 Å². The first-order chi connectivity index (χ1) is 7.22. The molecule has 2 aromatic rings. The molecular weight excluding hydrogens is 276 g/mol. The van der Waals surface area contributed by atoms with E-state index in [1.54, 1.807) is 10.9 Å². The maximum absolute atomic E-state index is 12.0. The molecule has 0 N–H and O–H groups in total. The lowest BCUT2D eigenvalue weighted by Crippen LogP contribution is -2.23. The minimum Gasteiger partial charge on any atom is -0.298 e. The summed E-state index contributed by atoms with van der Waals surface area (Å²) < 4.78 is 2.43. The van der Waals surface area contributed by atoms with Crippen LogP contribution in [0.1, 0.15) is 6.92 Å². The Hall–Kier alpha value is -0.680. The third-order valence-electron chi connectivity index (χ3n) is 2.21. The number of thiophene rings is 1. The van der Waals surface area contributed by atoms with Crippen LogP contribution in [-0.4, -0.2) is 14.9 Å². The van der Waals surface area contributed by atoms with Gasteiger partial charge in [0.05, 0.1) is 11.8 Å². The largest absolute Gasteiger partial charge is 0.298 e. The highest BCUT2D eigenvalue weighted by Crippen LogP contribution is 2.13. The molecule has 0 saturated heterocycles. The predicted molar refractivity (Wildman–Crippen MR) is 66.8 cm³/mol. The molecule has 2 aromatic heterocycles. The van der Waals surface area contributed by atoms with Crippen LogP contribution < -0.4 is 5.56 Å². The Bertz CT molecular complexity index is 519. The normalized spacial score (nSPS) is 13.2. The Morgan fingerprint density at radius 3 is 3.20 bits per heavy atom. The minimum atomic E-state index is 0.0720. The van der Waals surface area contributed by atoms with Crippen LogP contribution in [0.2, 0.25) is 0 Å². The molecule has 3 nitrogen and oxygen atoms in total. The molecular formula is C10H11BrN2OS. The number of alkyl halides is 1. The quantitative estimate of drug-likeness (QED) is 0.813. The molecule has 0 radical (unpaired) electrons. The van der Waals surface area contributed by atoms with Gasteiger partial charge in [-0.3, -0.25) is 9.36 Å². The molecule has 2 rings (SSSR count). The summed E-state index contributed by atoms with van der Waals surface area (Å²) in [6.45, 7) is 2.81. The second-order valence-electron chi connectivity index (χ2n) is 3.60. The summed E-state index contributed by atoms with van der Waals surface area (Å²) in [7, 11) is 0. The maximum atomic E-state index is 12.0. The van der Waals surface area contributed by atoms with Gasteiger partial charge in [-0.2, -0.15) is 0 Å². The molecule has 0 aliphatic heterocycles. The number of fused-ring (bicyclic) bond motifs is 1. The highest BCUT2D eigenvalue weighted by Gasteiger charge is 2.07. The monoisotopic (exact) mass is 286 g/mol. The second-order valence-corrected chi connectivity index (χ2v) is 5.16. The van der Waals surface area contributed by atoms with Gasteiger partial charge in [0, 0.05) is 11.9 Å². The number of rotatable bonds is 3. The first-order valence-corrected chi connectivity index (χ1v) is 6.71. The maximum Gasteiger partial charge on any atom is 0.271 e. The highest BCUT2D eigenvalue weighted by molar-refractivity contribution is 9.09. The van der Waals surface area contributed by atoms with Crippen molar-refractivity contribution in [1.82, 2.24) is 9.55 Å². The van der Waals surface area contributed by atoms with Gasteiger partial charge >= 0.3 is 0 Å². The molecule has 0 fully saturated rings. The summed E-state index contributed by atoms with van der Waals surface area (Å²) >= 11 is 4.86. The SMILES string of the molecule is CC(CBr)Cn1cnc2ccsc2c1=O. The first kappa shape index (κ1) is 10.8. The standard InChI is InChI=1S/C10H11BrN2OS/c1-7(4-11)5-13-6-12-8-2-3-15-9(8)10(13)14/h2-3,6-7H,4-5H2,1H3. The van der Waals surface area contributed by atoms with E-state index in [0.717, 1.165) is 15.5 Å². The average Bonchev–Trinajstić information content (AvgIpc) is 2.70. The Morgan fingerprint density at radius 2 is 2.47 bits per heavy atom. The van der Waals surface area contributed by atoms with Crippen LogP contribution in [0, 0.1) is 5.92 Å². The van der Waals surface area contributed by atoms with Gasteiger partial charge in [-0.25, -0.2) is 4.98 Å². The highest BCUT2D eigenvalue weighted by atomic mass is 79.9. The molecule has 0 aromatic carbocycles. The van der Waals surface area contributed by atoms with Crippen molar-refractivity contribution < 1.29 is 0 Å². The van der Waals surface area contributed by atoms with Gasteiger partial charge in [0.2, 0.25) is 0 Å². The third kappa shape index (κ3) is 2.13. The summed E-state index contributed by atoms with van der Waals surface area (Å²) in [4.78, 5) is 16.2. The zero-order valence-corrected chi connectivity index (χ0v) is 10.7. The van der Waals surface area contributed by atoms with Crippen LogP contribution in [0.5, 0.6) is 0 Å². The molecule has 2 heterocycles. The van der Waals surface area contributed by atoms with Gasteiger partial charge in [-0.05, 0) is 17.4 Å². The summed E-state index contributed by atoms with van der Waals surface area (Å²) in [5.41, 5.74) is 0.871. The van der Waals surface area contributed by atoms with Crippen molar-refractivity contribution in [3.8, 4) is 0 Å². The zero-order chi connectivity index (χ0) is 10.8. The molecule has 80 valence electrons. The van der Waals surface area contributed by atoms with E-state index in [9.17, 15) is 4.79 Å². The predicted octanol–water partition coefficient (Wildman–Crippen LogP) is 2.49. The van der Waals surface area contributed by atoms with Crippen molar-refractivity contribution in [3.63, 3.8) is 0 Å².